The Bertz CT molecular complexity index is 813. The fourth-order valence-electron chi connectivity index (χ4n) is 3.18. The predicted octanol–water partition coefficient (Wildman–Crippen LogP) is 5.99. The van der Waals surface area contributed by atoms with E-state index < -0.39 is 0 Å². The fourth-order valence-corrected chi connectivity index (χ4v) is 3.69. The van der Waals surface area contributed by atoms with Gasteiger partial charge in [0, 0.05) is 29.0 Å². The summed E-state index contributed by atoms with van der Waals surface area (Å²) in [5.74, 6) is 0.516. The van der Waals surface area contributed by atoms with Gasteiger partial charge in [-0.2, -0.15) is 0 Å². The molecule has 2 aromatic carbocycles. The van der Waals surface area contributed by atoms with Crippen molar-refractivity contribution >= 4 is 23.2 Å². The van der Waals surface area contributed by atoms with Gasteiger partial charge < -0.3 is 4.57 Å². The first-order valence-corrected chi connectivity index (χ1v) is 9.31. The van der Waals surface area contributed by atoms with Gasteiger partial charge in [0.25, 0.3) is 0 Å². The molecule has 1 atom stereocenters. The van der Waals surface area contributed by atoms with Crippen molar-refractivity contribution in [3.8, 4) is 0 Å². The molecule has 0 saturated carbocycles. The molecule has 0 fully saturated rings. The van der Waals surface area contributed by atoms with Crippen LogP contribution in [0, 0.1) is 12.8 Å². The molecule has 0 N–H and O–H groups in total. The van der Waals surface area contributed by atoms with Crippen molar-refractivity contribution in [2.45, 2.75) is 32.7 Å². The molecule has 0 aliphatic heterocycles. The predicted molar refractivity (Wildman–Crippen MR) is 105 cm³/mol. The molecule has 0 radical (unpaired) electrons. The van der Waals surface area contributed by atoms with Crippen molar-refractivity contribution in [3.63, 3.8) is 0 Å². The summed E-state index contributed by atoms with van der Waals surface area (Å²) in [6, 6.07) is 14.4. The van der Waals surface area contributed by atoms with E-state index in [2.05, 4.69) is 40.7 Å². The summed E-state index contributed by atoms with van der Waals surface area (Å²) < 4.78 is 2.16. The summed E-state index contributed by atoms with van der Waals surface area (Å²) in [4.78, 5) is 4.17. The van der Waals surface area contributed by atoms with E-state index in [1.54, 1.807) is 0 Å². The Morgan fingerprint density at radius 1 is 1.08 bits per heavy atom. The number of halogens is 2. The van der Waals surface area contributed by atoms with Gasteiger partial charge in [-0.05, 0) is 60.9 Å². The molecule has 1 aromatic heterocycles. The lowest BCUT2D eigenvalue weighted by molar-refractivity contribution is 0.412. The first-order valence-electron chi connectivity index (χ1n) is 8.56. The van der Waals surface area contributed by atoms with E-state index >= 15 is 0 Å². The molecule has 25 heavy (non-hydrogen) atoms. The molecule has 0 amide bonds. The third-order valence-electron chi connectivity index (χ3n) is 4.64. The number of nitrogens with zero attached hydrogens (tertiary/aromatic N) is 2. The molecular weight excluding hydrogens is 351 g/mol. The van der Waals surface area contributed by atoms with Crippen LogP contribution in [-0.2, 0) is 19.4 Å². The maximum atomic E-state index is 6.34. The van der Waals surface area contributed by atoms with Crippen LogP contribution in [0.4, 0.5) is 0 Å². The van der Waals surface area contributed by atoms with Crippen molar-refractivity contribution in [3.05, 3.63) is 87.9 Å². The second-order valence-corrected chi connectivity index (χ2v) is 7.37. The van der Waals surface area contributed by atoms with Crippen LogP contribution in [0.2, 0.25) is 10.0 Å². The highest BCUT2D eigenvalue weighted by Crippen LogP contribution is 2.25. The van der Waals surface area contributed by atoms with Gasteiger partial charge in [-0.1, -0.05) is 53.5 Å². The molecule has 1 heterocycles. The van der Waals surface area contributed by atoms with Crippen molar-refractivity contribution in [1.82, 2.24) is 9.55 Å². The van der Waals surface area contributed by atoms with Gasteiger partial charge in [-0.25, -0.2) is 4.98 Å². The molecule has 130 valence electrons. The third-order valence-corrected chi connectivity index (χ3v) is 5.22. The summed E-state index contributed by atoms with van der Waals surface area (Å²) >= 11 is 12.3. The largest absolute Gasteiger partial charge is 0.337 e. The zero-order chi connectivity index (χ0) is 17.6. The van der Waals surface area contributed by atoms with Gasteiger partial charge in [-0.15, -0.1) is 0 Å². The van der Waals surface area contributed by atoms with E-state index in [9.17, 15) is 0 Å². The smallest absolute Gasteiger partial charge is 0.0945 e. The number of aromatic nitrogens is 2. The Morgan fingerprint density at radius 2 is 1.92 bits per heavy atom. The van der Waals surface area contributed by atoms with Gasteiger partial charge in [0.2, 0.25) is 0 Å². The van der Waals surface area contributed by atoms with Crippen LogP contribution in [0.1, 0.15) is 23.1 Å². The second-order valence-electron chi connectivity index (χ2n) is 6.53. The summed E-state index contributed by atoms with van der Waals surface area (Å²) in [5.41, 5.74) is 3.92. The number of hydrogen-bond donors (Lipinski definition) is 0. The van der Waals surface area contributed by atoms with Crippen LogP contribution in [0.25, 0.3) is 0 Å². The molecule has 3 aromatic rings. The third kappa shape index (κ3) is 5.10. The SMILES string of the molecule is Cc1ccccc1CC(CCc1ccc(Cl)cc1Cl)Cn1ccnc1. The minimum absolute atomic E-state index is 0.516. The van der Waals surface area contributed by atoms with Crippen molar-refractivity contribution < 1.29 is 0 Å². The molecule has 3 rings (SSSR count). The molecule has 0 bridgehead atoms. The number of imidazole rings is 1. The van der Waals surface area contributed by atoms with Crippen LogP contribution in [0.3, 0.4) is 0 Å². The van der Waals surface area contributed by atoms with Crippen LogP contribution in [0.5, 0.6) is 0 Å². The average molecular weight is 373 g/mol. The lowest BCUT2D eigenvalue weighted by Gasteiger charge is -2.19. The fraction of sp³-hybridized carbons (Fsp3) is 0.286. The average Bonchev–Trinajstić information content (AvgIpc) is 3.09. The van der Waals surface area contributed by atoms with Crippen LogP contribution < -0.4 is 0 Å². The van der Waals surface area contributed by atoms with Crippen molar-refractivity contribution in [2.24, 2.45) is 5.92 Å². The molecule has 0 saturated heterocycles. The van der Waals surface area contributed by atoms with E-state index in [1.807, 2.05) is 36.9 Å². The maximum absolute atomic E-state index is 6.34. The van der Waals surface area contributed by atoms with Crippen LogP contribution in [-0.4, -0.2) is 9.55 Å². The Morgan fingerprint density at radius 3 is 2.64 bits per heavy atom. The zero-order valence-corrected chi connectivity index (χ0v) is 15.8. The lowest BCUT2D eigenvalue weighted by Crippen LogP contribution is -2.14. The van der Waals surface area contributed by atoms with Gasteiger partial charge in [0.1, 0.15) is 0 Å². The molecule has 2 nitrogen and oxygen atoms in total. The summed E-state index contributed by atoms with van der Waals surface area (Å²) in [7, 11) is 0. The number of aryl methyl sites for hydroxylation is 2. The normalized spacial score (nSPS) is 12.3. The van der Waals surface area contributed by atoms with Crippen molar-refractivity contribution in [1.29, 1.82) is 0 Å². The van der Waals surface area contributed by atoms with Gasteiger partial charge in [-0.3, -0.25) is 0 Å². The van der Waals surface area contributed by atoms with E-state index in [0.29, 0.717) is 10.9 Å². The quantitative estimate of drug-likeness (QED) is 0.497. The minimum Gasteiger partial charge on any atom is -0.337 e. The van der Waals surface area contributed by atoms with Gasteiger partial charge in [0.15, 0.2) is 0 Å². The van der Waals surface area contributed by atoms with Crippen LogP contribution >= 0.6 is 23.2 Å². The monoisotopic (exact) mass is 372 g/mol. The summed E-state index contributed by atoms with van der Waals surface area (Å²) in [5, 5.41) is 1.44. The van der Waals surface area contributed by atoms with Crippen molar-refractivity contribution in [2.75, 3.05) is 0 Å². The highest BCUT2D eigenvalue weighted by Gasteiger charge is 2.13. The highest BCUT2D eigenvalue weighted by atomic mass is 35.5. The molecule has 1 unspecified atom stereocenters. The molecule has 0 aliphatic rings. The number of hydrogen-bond acceptors (Lipinski definition) is 1. The number of rotatable bonds is 7. The first-order chi connectivity index (χ1) is 12.1. The molecule has 0 spiro atoms. The zero-order valence-electron chi connectivity index (χ0n) is 14.3. The first kappa shape index (κ1) is 18.0. The molecular formula is C21H22Cl2N2. The Kier molecular flexibility index (Phi) is 6.17. The van der Waals surface area contributed by atoms with E-state index in [-0.39, 0.29) is 0 Å². The van der Waals surface area contributed by atoms with E-state index in [4.69, 9.17) is 23.2 Å². The van der Waals surface area contributed by atoms with E-state index in [1.165, 1.54) is 11.1 Å². The van der Waals surface area contributed by atoms with E-state index in [0.717, 1.165) is 36.4 Å². The lowest BCUT2D eigenvalue weighted by atomic mass is 9.91. The Labute approximate surface area is 159 Å². The highest BCUT2D eigenvalue weighted by molar-refractivity contribution is 6.35. The summed E-state index contributed by atoms with van der Waals surface area (Å²) in [6.45, 7) is 3.14. The number of benzene rings is 2. The maximum Gasteiger partial charge on any atom is 0.0945 e. The van der Waals surface area contributed by atoms with Crippen LogP contribution in [0.15, 0.2) is 61.2 Å². The topological polar surface area (TPSA) is 17.8 Å². The van der Waals surface area contributed by atoms with Gasteiger partial charge in [0.05, 0.1) is 6.33 Å². The minimum atomic E-state index is 0.516. The molecule has 4 heteroatoms. The summed E-state index contributed by atoms with van der Waals surface area (Å²) in [6.07, 6.45) is 8.81. The Balaban J connectivity index is 1.72. The standard InChI is InChI=1S/C21H22Cl2N2/c1-16-4-2-3-5-19(16)12-17(14-25-11-10-24-15-25)6-7-18-8-9-20(22)13-21(18)23/h2-5,8-11,13,15,17H,6-7,12,14H2,1H3. The molecule has 0 aliphatic carbocycles. The second kappa shape index (κ2) is 8.55. The Hall–Kier alpha value is -1.77. The van der Waals surface area contributed by atoms with Gasteiger partial charge >= 0.3 is 0 Å².